The molecule has 1 fully saturated rings. The Kier molecular flexibility index (Phi) is 5.25. The number of methoxy groups -OCH3 is 1. The summed E-state index contributed by atoms with van der Waals surface area (Å²) in [6, 6.07) is 3.63. The third kappa shape index (κ3) is 3.64. The maximum atomic E-state index is 13.3. The summed E-state index contributed by atoms with van der Waals surface area (Å²) in [5.74, 6) is -0.101. The minimum absolute atomic E-state index is 0.276. The second-order valence-electron chi connectivity index (χ2n) is 4.81. The predicted molar refractivity (Wildman–Crippen MR) is 70.8 cm³/mol. The van der Waals surface area contributed by atoms with Crippen molar-refractivity contribution in [3.8, 4) is 5.75 Å². The van der Waals surface area contributed by atoms with Crippen LogP contribution in [-0.2, 0) is 0 Å². The SMILES string of the molecule is COc1cc(F)ccc1[C@H](CC(F)F)N1CCNCC1. The molecule has 1 aromatic carbocycles. The van der Waals surface area contributed by atoms with E-state index in [-0.39, 0.29) is 6.42 Å². The zero-order valence-corrected chi connectivity index (χ0v) is 11.4. The lowest BCUT2D eigenvalue weighted by Gasteiger charge is -2.35. The van der Waals surface area contributed by atoms with E-state index in [0.29, 0.717) is 24.4 Å². The number of alkyl halides is 2. The third-order valence-electron chi connectivity index (χ3n) is 3.55. The van der Waals surface area contributed by atoms with Crippen molar-refractivity contribution in [3.63, 3.8) is 0 Å². The summed E-state index contributed by atoms with van der Waals surface area (Å²) in [5.41, 5.74) is 0.621. The molecular formula is C14H19F3N2O. The molecule has 2 rings (SSSR count). The molecular weight excluding hydrogens is 269 g/mol. The lowest BCUT2D eigenvalue weighted by Crippen LogP contribution is -2.45. The van der Waals surface area contributed by atoms with Gasteiger partial charge in [-0.1, -0.05) is 6.07 Å². The smallest absolute Gasteiger partial charge is 0.240 e. The number of halogens is 3. The quantitative estimate of drug-likeness (QED) is 0.900. The molecule has 1 atom stereocenters. The number of piperazine rings is 1. The first-order valence-corrected chi connectivity index (χ1v) is 6.68. The Bertz CT molecular complexity index is 436. The van der Waals surface area contributed by atoms with Gasteiger partial charge in [0.1, 0.15) is 11.6 Å². The maximum Gasteiger partial charge on any atom is 0.240 e. The van der Waals surface area contributed by atoms with Crippen molar-refractivity contribution in [1.82, 2.24) is 10.2 Å². The van der Waals surface area contributed by atoms with Crippen molar-refractivity contribution >= 4 is 0 Å². The zero-order chi connectivity index (χ0) is 14.5. The highest BCUT2D eigenvalue weighted by atomic mass is 19.3. The van der Waals surface area contributed by atoms with Crippen LogP contribution < -0.4 is 10.1 Å². The molecule has 0 radical (unpaired) electrons. The molecule has 1 aromatic rings. The van der Waals surface area contributed by atoms with Gasteiger partial charge in [0.15, 0.2) is 0 Å². The van der Waals surface area contributed by atoms with Crippen LogP contribution in [0.2, 0.25) is 0 Å². The average molecular weight is 288 g/mol. The van der Waals surface area contributed by atoms with E-state index in [1.165, 1.54) is 19.2 Å². The molecule has 3 nitrogen and oxygen atoms in total. The molecule has 0 aliphatic carbocycles. The molecule has 6 heteroatoms. The van der Waals surface area contributed by atoms with E-state index in [4.69, 9.17) is 4.74 Å². The number of rotatable bonds is 5. The van der Waals surface area contributed by atoms with E-state index >= 15 is 0 Å². The minimum atomic E-state index is -2.41. The van der Waals surface area contributed by atoms with E-state index < -0.39 is 18.3 Å². The van der Waals surface area contributed by atoms with Gasteiger partial charge in [-0.2, -0.15) is 0 Å². The van der Waals surface area contributed by atoms with E-state index in [0.717, 1.165) is 13.1 Å². The number of benzene rings is 1. The van der Waals surface area contributed by atoms with Crippen molar-refractivity contribution in [3.05, 3.63) is 29.6 Å². The summed E-state index contributed by atoms with van der Waals surface area (Å²) in [6.07, 6.45) is -2.69. The fraction of sp³-hybridized carbons (Fsp3) is 0.571. The van der Waals surface area contributed by atoms with E-state index in [2.05, 4.69) is 5.32 Å². The van der Waals surface area contributed by atoms with Gasteiger partial charge in [-0.25, -0.2) is 13.2 Å². The Hall–Kier alpha value is -1.27. The van der Waals surface area contributed by atoms with Crippen LogP contribution in [0.4, 0.5) is 13.2 Å². The van der Waals surface area contributed by atoms with Gasteiger partial charge in [0.25, 0.3) is 0 Å². The summed E-state index contributed by atoms with van der Waals surface area (Å²) in [6.45, 7) is 2.92. The van der Waals surface area contributed by atoms with Crippen LogP contribution in [0.3, 0.4) is 0 Å². The Morgan fingerprint density at radius 2 is 2.00 bits per heavy atom. The highest BCUT2D eigenvalue weighted by Gasteiger charge is 2.27. The number of hydrogen-bond donors (Lipinski definition) is 1. The summed E-state index contributed by atoms with van der Waals surface area (Å²) in [7, 11) is 1.43. The maximum absolute atomic E-state index is 13.3. The predicted octanol–water partition coefficient (Wildman–Crippen LogP) is 2.44. The lowest BCUT2D eigenvalue weighted by molar-refractivity contribution is 0.0729. The molecule has 1 heterocycles. The zero-order valence-electron chi connectivity index (χ0n) is 11.4. The first kappa shape index (κ1) is 15.1. The molecule has 1 aliphatic heterocycles. The van der Waals surface area contributed by atoms with Crippen LogP contribution >= 0.6 is 0 Å². The summed E-state index contributed by atoms with van der Waals surface area (Å²) in [4.78, 5) is 2.00. The molecule has 1 N–H and O–H groups in total. The standard InChI is InChI=1S/C14H19F3N2O/c1-20-13-8-10(15)2-3-11(13)12(9-14(16)17)19-6-4-18-5-7-19/h2-3,8,12,14,18H,4-7,9H2,1H3/t12-/m0/s1. The molecule has 0 amide bonds. The fourth-order valence-electron chi connectivity index (χ4n) is 2.60. The summed E-state index contributed by atoms with van der Waals surface area (Å²) < 4.78 is 44.2. The summed E-state index contributed by atoms with van der Waals surface area (Å²) >= 11 is 0. The molecule has 112 valence electrons. The average Bonchev–Trinajstić information content (AvgIpc) is 2.45. The van der Waals surface area contributed by atoms with Crippen LogP contribution in [0.15, 0.2) is 18.2 Å². The number of nitrogens with zero attached hydrogens (tertiary/aromatic N) is 1. The van der Waals surface area contributed by atoms with Gasteiger partial charge in [-0.3, -0.25) is 4.90 Å². The van der Waals surface area contributed by atoms with Crippen LogP contribution in [0.1, 0.15) is 18.0 Å². The van der Waals surface area contributed by atoms with Crippen molar-refractivity contribution in [2.24, 2.45) is 0 Å². The number of nitrogens with one attached hydrogen (secondary N) is 1. The van der Waals surface area contributed by atoms with Crippen LogP contribution in [-0.4, -0.2) is 44.6 Å². The van der Waals surface area contributed by atoms with E-state index in [1.807, 2.05) is 4.90 Å². The molecule has 0 bridgehead atoms. The second kappa shape index (κ2) is 6.95. The largest absolute Gasteiger partial charge is 0.496 e. The Morgan fingerprint density at radius 3 is 2.60 bits per heavy atom. The van der Waals surface area contributed by atoms with Crippen LogP contribution in [0, 0.1) is 5.82 Å². The van der Waals surface area contributed by atoms with Crippen molar-refractivity contribution in [2.75, 3.05) is 33.3 Å². The molecule has 0 spiro atoms. The number of ether oxygens (including phenoxy) is 1. The molecule has 1 saturated heterocycles. The van der Waals surface area contributed by atoms with Crippen molar-refractivity contribution in [1.29, 1.82) is 0 Å². The molecule has 0 aromatic heterocycles. The van der Waals surface area contributed by atoms with Crippen LogP contribution in [0.25, 0.3) is 0 Å². The van der Waals surface area contributed by atoms with Gasteiger partial charge in [0, 0.05) is 50.3 Å². The Labute approximate surface area is 116 Å². The summed E-state index contributed by atoms with van der Waals surface area (Å²) in [5, 5.41) is 3.19. The lowest BCUT2D eigenvalue weighted by atomic mass is 10.00. The minimum Gasteiger partial charge on any atom is -0.496 e. The Morgan fingerprint density at radius 1 is 1.30 bits per heavy atom. The molecule has 0 unspecified atom stereocenters. The fourth-order valence-corrected chi connectivity index (χ4v) is 2.60. The van der Waals surface area contributed by atoms with E-state index in [9.17, 15) is 13.2 Å². The van der Waals surface area contributed by atoms with Crippen LogP contribution in [0.5, 0.6) is 5.75 Å². The molecule has 0 saturated carbocycles. The Balaban J connectivity index is 2.29. The van der Waals surface area contributed by atoms with Gasteiger partial charge in [-0.15, -0.1) is 0 Å². The first-order valence-electron chi connectivity index (χ1n) is 6.68. The molecule has 20 heavy (non-hydrogen) atoms. The van der Waals surface area contributed by atoms with Gasteiger partial charge < -0.3 is 10.1 Å². The van der Waals surface area contributed by atoms with Crippen molar-refractivity contribution in [2.45, 2.75) is 18.9 Å². The monoisotopic (exact) mass is 288 g/mol. The van der Waals surface area contributed by atoms with Gasteiger partial charge >= 0.3 is 0 Å². The normalized spacial score (nSPS) is 18.2. The van der Waals surface area contributed by atoms with Gasteiger partial charge in [0.2, 0.25) is 6.43 Å². The van der Waals surface area contributed by atoms with Gasteiger partial charge in [0.05, 0.1) is 7.11 Å². The van der Waals surface area contributed by atoms with Crippen molar-refractivity contribution < 1.29 is 17.9 Å². The number of hydrogen-bond acceptors (Lipinski definition) is 3. The topological polar surface area (TPSA) is 24.5 Å². The highest BCUT2D eigenvalue weighted by molar-refractivity contribution is 5.36. The highest BCUT2D eigenvalue weighted by Crippen LogP contribution is 2.34. The first-order chi connectivity index (χ1) is 9.61. The third-order valence-corrected chi connectivity index (χ3v) is 3.55. The van der Waals surface area contributed by atoms with E-state index in [1.54, 1.807) is 6.07 Å². The second-order valence-corrected chi connectivity index (χ2v) is 4.81. The van der Waals surface area contributed by atoms with Gasteiger partial charge in [-0.05, 0) is 6.07 Å². The molecule has 1 aliphatic rings.